The van der Waals surface area contributed by atoms with E-state index in [9.17, 15) is 0 Å². The van der Waals surface area contributed by atoms with Crippen molar-refractivity contribution in [1.82, 2.24) is 0 Å². The lowest BCUT2D eigenvalue weighted by Gasteiger charge is -2.76. The Morgan fingerprint density at radius 1 is 0.562 bits per heavy atom. The highest BCUT2D eigenvalue weighted by molar-refractivity contribution is 5.19. The molecule has 17 atom stereocenters. The highest BCUT2D eigenvalue weighted by Gasteiger charge is 2.71. The van der Waals surface area contributed by atoms with Gasteiger partial charge in [0.25, 0.3) is 0 Å². The Hall–Kier alpha value is 0. The molecule has 0 radical (unpaired) electrons. The third-order valence-corrected chi connectivity index (χ3v) is 14.1. The van der Waals surface area contributed by atoms with Crippen molar-refractivity contribution in [3.63, 3.8) is 0 Å². The molecule has 0 aromatic carbocycles. The van der Waals surface area contributed by atoms with Crippen molar-refractivity contribution >= 4 is 0 Å². The van der Waals surface area contributed by atoms with Gasteiger partial charge in [-0.05, 0) is 119 Å². The van der Waals surface area contributed by atoms with Crippen molar-refractivity contribution in [2.45, 2.75) is 101 Å². The number of hydrogen-bond acceptors (Lipinski definition) is 0. The highest BCUT2D eigenvalue weighted by Crippen LogP contribution is 2.76. The van der Waals surface area contributed by atoms with Crippen LogP contribution in [0.15, 0.2) is 0 Å². The molecular weight excluding hydrogens is 384 g/mol. The first kappa shape index (κ1) is 23.7. The number of rotatable bonds is 1. The first-order valence-corrected chi connectivity index (χ1v) is 15.1. The predicted molar refractivity (Wildman–Crippen MR) is 138 cm³/mol. The molecule has 0 bridgehead atoms. The number of hydrogen-bond donors (Lipinski definition) is 0. The molecule has 5 aliphatic rings. The van der Waals surface area contributed by atoms with Crippen LogP contribution in [0, 0.1) is 100 Å². The van der Waals surface area contributed by atoms with Crippen molar-refractivity contribution in [3.8, 4) is 0 Å². The maximum atomic E-state index is 2.82. The van der Waals surface area contributed by atoms with Crippen molar-refractivity contribution in [3.05, 3.63) is 0 Å². The van der Waals surface area contributed by atoms with Gasteiger partial charge < -0.3 is 0 Å². The summed E-state index contributed by atoms with van der Waals surface area (Å²) in [5, 5.41) is 0. The van der Waals surface area contributed by atoms with Gasteiger partial charge in [-0.2, -0.15) is 0 Å². The molecule has 32 heavy (non-hydrogen) atoms. The molecule has 0 heterocycles. The molecule has 5 fully saturated rings. The zero-order valence-corrected chi connectivity index (χ0v) is 23.3. The summed E-state index contributed by atoms with van der Waals surface area (Å²) in [6, 6.07) is 0. The van der Waals surface area contributed by atoms with E-state index >= 15 is 0 Å². The summed E-state index contributed by atoms with van der Waals surface area (Å²) in [5.41, 5.74) is 0.593. The summed E-state index contributed by atoms with van der Waals surface area (Å²) in [4.78, 5) is 0. The monoisotopic (exact) mass is 440 g/mol. The van der Waals surface area contributed by atoms with E-state index in [4.69, 9.17) is 0 Å². The zero-order valence-electron chi connectivity index (χ0n) is 23.3. The van der Waals surface area contributed by atoms with E-state index in [1.165, 1.54) is 25.7 Å². The largest absolute Gasteiger partial charge is 0.0651 e. The Balaban J connectivity index is 1.73. The fraction of sp³-hybridized carbons (Fsp3) is 1.00. The summed E-state index contributed by atoms with van der Waals surface area (Å²) in [7, 11) is 0. The van der Waals surface area contributed by atoms with E-state index in [-0.39, 0.29) is 0 Å². The zero-order chi connectivity index (χ0) is 23.3. The van der Waals surface area contributed by atoms with Gasteiger partial charge in [0.1, 0.15) is 0 Å². The maximum absolute atomic E-state index is 2.82. The second kappa shape index (κ2) is 8.01. The van der Waals surface area contributed by atoms with Crippen molar-refractivity contribution in [2.75, 3.05) is 0 Å². The fourth-order valence-electron chi connectivity index (χ4n) is 13.3. The van der Waals surface area contributed by atoms with Crippen LogP contribution in [0.3, 0.4) is 0 Å². The molecule has 0 saturated heterocycles. The smallest absolute Gasteiger partial charge is 0.0174 e. The van der Waals surface area contributed by atoms with Gasteiger partial charge in [0.2, 0.25) is 0 Å². The molecule has 5 rings (SSSR count). The minimum absolute atomic E-state index is 0.593. The quantitative estimate of drug-likeness (QED) is 0.381. The van der Waals surface area contributed by atoms with Crippen LogP contribution in [0.2, 0.25) is 0 Å². The summed E-state index contributed by atoms with van der Waals surface area (Å²) < 4.78 is 0. The van der Waals surface area contributed by atoms with Crippen LogP contribution in [0.25, 0.3) is 0 Å². The molecule has 5 aliphatic carbocycles. The van der Waals surface area contributed by atoms with Crippen LogP contribution in [0.5, 0.6) is 0 Å². The molecule has 0 aromatic heterocycles. The second-order valence-electron chi connectivity index (χ2n) is 14.7. The third-order valence-electron chi connectivity index (χ3n) is 14.1. The molecule has 0 aromatic rings. The summed E-state index contributed by atoms with van der Waals surface area (Å²) in [5.74, 6) is 15.2. The Morgan fingerprint density at radius 2 is 1.19 bits per heavy atom. The molecule has 0 aliphatic heterocycles. The van der Waals surface area contributed by atoms with Crippen LogP contribution >= 0.6 is 0 Å². The Labute approximate surface area is 201 Å². The molecule has 0 nitrogen and oxygen atoms in total. The van der Waals surface area contributed by atoms with Crippen LogP contribution in [0.4, 0.5) is 0 Å². The highest BCUT2D eigenvalue weighted by atomic mass is 14.8. The second-order valence-corrected chi connectivity index (χ2v) is 14.7. The normalized spacial score (nSPS) is 64.3. The topological polar surface area (TPSA) is 0 Å². The summed E-state index contributed by atoms with van der Waals surface area (Å²) >= 11 is 0. The molecule has 16 unspecified atom stereocenters. The number of fused-ring (bicyclic) bond motifs is 1. The minimum Gasteiger partial charge on any atom is -0.0651 e. The van der Waals surface area contributed by atoms with E-state index in [2.05, 4.69) is 69.2 Å². The third kappa shape index (κ3) is 2.80. The van der Waals surface area contributed by atoms with Gasteiger partial charge in [-0.15, -0.1) is 0 Å². The van der Waals surface area contributed by atoms with Gasteiger partial charge in [-0.3, -0.25) is 0 Å². The molecular formula is C32H56. The van der Waals surface area contributed by atoms with Gasteiger partial charge >= 0.3 is 0 Å². The SMILES string of the molecule is CCC1CC(C)C2C(C)[C@@H](C)C(C)C3C4CCC(C)C5C(C)CC(C)C(C45)C(C)C23C1C. The van der Waals surface area contributed by atoms with Crippen molar-refractivity contribution in [1.29, 1.82) is 0 Å². The summed E-state index contributed by atoms with van der Waals surface area (Å²) in [6.07, 6.45) is 7.47. The first-order valence-electron chi connectivity index (χ1n) is 15.1. The van der Waals surface area contributed by atoms with Gasteiger partial charge in [0.05, 0.1) is 0 Å². The van der Waals surface area contributed by atoms with E-state index in [1.807, 2.05) is 0 Å². The van der Waals surface area contributed by atoms with Gasteiger partial charge in [0, 0.05) is 0 Å². The van der Waals surface area contributed by atoms with E-state index < -0.39 is 0 Å². The molecule has 5 saturated carbocycles. The van der Waals surface area contributed by atoms with Crippen LogP contribution in [-0.4, -0.2) is 0 Å². The Kier molecular flexibility index (Phi) is 5.94. The minimum atomic E-state index is 0.593. The van der Waals surface area contributed by atoms with Crippen molar-refractivity contribution < 1.29 is 0 Å². The molecule has 0 N–H and O–H groups in total. The fourth-order valence-corrected chi connectivity index (χ4v) is 13.3. The van der Waals surface area contributed by atoms with Crippen LogP contribution in [-0.2, 0) is 0 Å². The van der Waals surface area contributed by atoms with E-state index in [1.54, 1.807) is 6.42 Å². The summed E-state index contributed by atoms with van der Waals surface area (Å²) in [6.45, 7) is 26.8. The lowest BCUT2D eigenvalue weighted by molar-refractivity contribution is -0.286. The van der Waals surface area contributed by atoms with Gasteiger partial charge in [-0.25, -0.2) is 0 Å². The maximum Gasteiger partial charge on any atom is -0.0174 e. The van der Waals surface area contributed by atoms with Gasteiger partial charge in [0.15, 0.2) is 0 Å². The Morgan fingerprint density at radius 3 is 1.84 bits per heavy atom. The lowest BCUT2D eigenvalue weighted by Crippen LogP contribution is -2.71. The predicted octanol–water partition coefficient (Wildman–Crippen LogP) is 9.05. The standard InChI is InChI=1S/C32H56/c1-11-25-15-19(5)30-21(7)20(6)22(8)31-26-13-12-16(2)27-17(3)14-18(4)28(29(26)27)24(10)32(30,31)23(25)9/h16-31H,11-15H2,1-10H3/t16?,17?,18?,19?,20-,21?,22?,23?,24?,25?,26?,27?,28?,29?,30?,31?,32?/m1/s1. The van der Waals surface area contributed by atoms with Crippen molar-refractivity contribution in [2.24, 2.45) is 100 Å². The van der Waals surface area contributed by atoms with E-state index in [0.29, 0.717) is 5.41 Å². The lowest BCUT2D eigenvalue weighted by atomic mass is 9.29. The van der Waals surface area contributed by atoms with Gasteiger partial charge in [-0.1, -0.05) is 82.1 Å². The Bertz CT molecular complexity index is 694. The van der Waals surface area contributed by atoms with E-state index in [0.717, 1.165) is 94.7 Å². The average molecular weight is 441 g/mol. The van der Waals surface area contributed by atoms with Crippen LogP contribution in [0.1, 0.15) is 101 Å². The first-order chi connectivity index (χ1) is 15.1. The molecule has 0 heteroatoms. The van der Waals surface area contributed by atoms with Crippen LogP contribution < -0.4 is 0 Å². The average Bonchev–Trinajstić information content (AvgIpc) is 2.74. The molecule has 0 amide bonds. The molecule has 184 valence electrons. The molecule has 1 spiro atoms.